The Labute approximate surface area is 108 Å². The second-order valence-corrected chi connectivity index (χ2v) is 4.41. The summed E-state index contributed by atoms with van der Waals surface area (Å²) in [5, 5.41) is 0. The number of benzene rings is 1. The molecule has 3 nitrogen and oxygen atoms in total. The number of likely N-dealkylation sites (N-methyl/N-ethyl adjacent to an activating group) is 1. The average Bonchev–Trinajstić information content (AvgIpc) is 2.76. The summed E-state index contributed by atoms with van der Waals surface area (Å²) in [7, 11) is 2.06. The summed E-state index contributed by atoms with van der Waals surface area (Å²) in [5.74, 6) is 2.87. The van der Waals surface area contributed by atoms with Gasteiger partial charge in [0.05, 0.1) is 6.54 Å². The summed E-state index contributed by atoms with van der Waals surface area (Å²) in [4.78, 5) is 2.18. The van der Waals surface area contributed by atoms with Gasteiger partial charge in [-0.1, -0.05) is 18.2 Å². The molecule has 0 amide bonds. The Hall–Kier alpha value is -1.74. The van der Waals surface area contributed by atoms with Gasteiger partial charge in [0.2, 0.25) is 0 Å². The van der Waals surface area contributed by atoms with Gasteiger partial charge in [0.15, 0.2) is 0 Å². The lowest BCUT2D eigenvalue weighted by molar-refractivity contribution is 0.221. The molecule has 0 saturated heterocycles. The van der Waals surface area contributed by atoms with E-state index in [1.165, 1.54) is 0 Å². The molecule has 18 heavy (non-hydrogen) atoms. The first-order valence-corrected chi connectivity index (χ1v) is 6.16. The lowest BCUT2D eigenvalue weighted by atomic mass is 10.3. The van der Waals surface area contributed by atoms with Crippen LogP contribution in [0.1, 0.15) is 11.5 Å². The number of rotatable bonds is 6. The molecule has 0 aliphatic carbocycles. The topological polar surface area (TPSA) is 25.6 Å². The summed E-state index contributed by atoms with van der Waals surface area (Å²) in [5.41, 5.74) is 0. The van der Waals surface area contributed by atoms with Gasteiger partial charge in [-0.2, -0.15) is 0 Å². The highest BCUT2D eigenvalue weighted by molar-refractivity contribution is 5.20. The molecule has 0 saturated carbocycles. The van der Waals surface area contributed by atoms with Gasteiger partial charge in [0.25, 0.3) is 0 Å². The van der Waals surface area contributed by atoms with E-state index in [2.05, 4.69) is 11.9 Å². The molecule has 0 spiro atoms. The highest BCUT2D eigenvalue weighted by atomic mass is 16.5. The fourth-order valence-electron chi connectivity index (χ4n) is 1.75. The van der Waals surface area contributed by atoms with E-state index in [1.807, 2.05) is 49.4 Å². The predicted molar refractivity (Wildman–Crippen MR) is 71.7 cm³/mol. The van der Waals surface area contributed by atoms with Gasteiger partial charge in [0, 0.05) is 6.54 Å². The number of nitrogens with zero attached hydrogens (tertiary/aromatic N) is 1. The molecule has 0 fully saturated rings. The number of hydrogen-bond donors (Lipinski definition) is 0. The first-order chi connectivity index (χ1) is 8.74. The van der Waals surface area contributed by atoms with E-state index in [1.54, 1.807) is 0 Å². The summed E-state index contributed by atoms with van der Waals surface area (Å²) in [6.45, 7) is 4.32. The normalized spacial score (nSPS) is 10.8. The van der Waals surface area contributed by atoms with Crippen LogP contribution >= 0.6 is 0 Å². The zero-order valence-electron chi connectivity index (χ0n) is 10.9. The first-order valence-electron chi connectivity index (χ1n) is 6.16. The second kappa shape index (κ2) is 6.26. The number of furan rings is 1. The van der Waals surface area contributed by atoms with Gasteiger partial charge < -0.3 is 9.15 Å². The van der Waals surface area contributed by atoms with Crippen molar-refractivity contribution in [2.45, 2.75) is 13.5 Å². The molecule has 0 bridgehead atoms. The fourth-order valence-corrected chi connectivity index (χ4v) is 1.75. The zero-order valence-corrected chi connectivity index (χ0v) is 10.9. The van der Waals surface area contributed by atoms with Crippen molar-refractivity contribution in [1.29, 1.82) is 0 Å². The molecule has 1 aromatic carbocycles. The molecule has 2 rings (SSSR count). The Bertz CT molecular complexity index is 464. The second-order valence-electron chi connectivity index (χ2n) is 4.41. The van der Waals surface area contributed by atoms with Gasteiger partial charge in [-0.3, -0.25) is 4.90 Å². The summed E-state index contributed by atoms with van der Waals surface area (Å²) < 4.78 is 11.2. The van der Waals surface area contributed by atoms with Crippen molar-refractivity contribution in [3.63, 3.8) is 0 Å². The van der Waals surface area contributed by atoms with Gasteiger partial charge in [-0.25, -0.2) is 0 Å². The van der Waals surface area contributed by atoms with Crippen LogP contribution in [-0.4, -0.2) is 25.1 Å². The molecule has 0 aliphatic heterocycles. The maximum absolute atomic E-state index is 5.65. The van der Waals surface area contributed by atoms with Crippen LogP contribution < -0.4 is 4.74 Å². The quantitative estimate of drug-likeness (QED) is 0.782. The molecule has 1 heterocycles. The van der Waals surface area contributed by atoms with Crippen LogP contribution in [0.3, 0.4) is 0 Å². The van der Waals surface area contributed by atoms with E-state index in [4.69, 9.17) is 9.15 Å². The van der Waals surface area contributed by atoms with Crippen molar-refractivity contribution in [2.75, 3.05) is 20.2 Å². The minimum Gasteiger partial charge on any atom is -0.492 e. The standard InChI is InChI=1S/C15H19NO2/c1-13-8-9-15(18-13)12-16(2)10-11-17-14-6-4-3-5-7-14/h3-9H,10-12H2,1-2H3. The van der Waals surface area contributed by atoms with Gasteiger partial charge in [0.1, 0.15) is 23.9 Å². The third-order valence-corrected chi connectivity index (χ3v) is 2.71. The third-order valence-electron chi connectivity index (χ3n) is 2.71. The molecule has 0 atom stereocenters. The van der Waals surface area contributed by atoms with Crippen LogP contribution in [0.15, 0.2) is 46.9 Å². The summed E-state index contributed by atoms with van der Waals surface area (Å²) in [6.07, 6.45) is 0. The maximum atomic E-state index is 5.65. The molecule has 2 aromatic rings. The van der Waals surface area contributed by atoms with Gasteiger partial charge in [-0.15, -0.1) is 0 Å². The van der Waals surface area contributed by atoms with Crippen LogP contribution in [0.4, 0.5) is 0 Å². The largest absolute Gasteiger partial charge is 0.492 e. The molecule has 0 radical (unpaired) electrons. The molecule has 0 N–H and O–H groups in total. The average molecular weight is 245 g/mol. The van der Waals surface area contributed by atoms with Crippen molar-refractivity contribution < 1.29 is 9.15 Å². The van der Waals surface area contributed by atoms with Crippen molar-refractivity contribution in [2.24, 2.45) is 0 Å². The SMILES string of the molecule is Cc1ccc(CN(C)CCOc2ccccc2)o1. The third kappa shape index (κ3) is 3.93. The van der Waals surface area contributed by atoms with Crippen molar-refractivity contribution in [1.82, 2.24) is 4.90 Å². The molecule has 1 aromatic heterocycles. The highest BCUT2D eigenvalue weighted by Crippen LogP contribution is 2.10. The Morgan fingerprint density at radius 3 is 2.56 bits per heavy atom. The van der Waals surface area contributed by atoms with Crippen molar-refractivity contribution in [3.05, 3.63) is 54.0 Å². The van der Waals surface area contributed by atoms with Gasteiger partial charge >= 0.3 is 0 Å². The van der Waals surface area contributed by atoms with E-state index in [9.17, 15) is 0 Å². The molecule has 3 heteroatoms. The Morgan fingerprint density at radius 2 is 1.89 bits per heavy atom. The van der Waals surface area contributed by atoms with E-state index in [0.29, 0.717) is 6.61 Å². The Kier molecular flexibility index (Phi) is 4.42. The van der Waals surface area contributed by atoms with Crippen LogP contribution in [0, 0.1) is 6.92 Å². The zero-order chi connectivity index (χ0) is 12.8. The number of aryl methyl sites for hydroxylation is 1. The molecule has 0 unspecified atom stereocenters. The van der Waals surface area contributed by atoms with Crippen LogP contribution in [-0.2, 0) is 6.54 Å². The summed E-state index contributed by atoms with van der Waals surface area (Å²) >= 11 is 0. The van der Waals surface area contributed by atoms with Crippen molar-refractivity contribution >= 4 is 0 Å². The maximum Gasteiger partial charge on any atom is 0.119 e. The Morgan fingerprint density at radius 1 is 1.11 bits per heavy atom. The molecule has 0 aliphatic rings. The minimum atomic E-state index is 0.681. The Balaban J connectivity index is 1.70. The number of ether oxygens (including phenoxy) is 1. The number of hydrogen-bond acceptors (Lipinski definition) is 3. The first kappa shape index (κ1) is 12.7. The fraction of sp³-hybridized carbons (Fsp3) is 0.333. The smallest absolute Gasteiger partial charge is 0.119 e. The lowest BCUT2D eigenvalue weighted by Gasteiger charge is -2.15. The molecule has 96 valence electrons. The van der Waals surface area contributed by atoms with E-state index in [-0.39, 0.29) is 0 Å². The molecular formula is C15H19NO2. The number of para-hydroxylation sites is 1. The van der Waals surface area contributed by atoms with Crippen LogP contribution in [0.5, 0.6) is 5.75 Å². The van der Waals surface area contributed by atoms with E-state index in [0.717, 1.165) is 30.4 Å². The monoisotopic (exact) mass is 245 g/mol. The van der Waals surface area contributed by atoms with E-state index >= 15 is 0 Å². The minimum absolute atomic E-state index is 0.681. The van der Waals surface area contributed by atoms with Gasteiger partial charge in [-0.05, 0) is 38.2 Å². The lowest BCUT2D eigenvalue weighted by Crippen LogP contribution is -2.23. The predicted octanol–water partition coefficient (Wildman–Crippen LogP) is 3.10. The van der Waals surface area contributed by atoms with Crippen LogP contribution in [0.25, 0.3) is 0 Å². The van der Waals surface area contributed by atoms with Crippen molar-refractivity contribution in [3.8, 4) is 5.75 Å². The summed E-state index contributed by atoms with van der Waals surface area (Å²) in [6, 6.07) is 13.9. The molecular weight excluding hydrogens is 226 g/mol. The van der Waals surface area contributed by atoms with E-state index < -0.39 is 0 Å². The highest BCUT2D eigenvalue weighted by Gasteiger charge is 2.04. The van der Waals surface area contributed by atoms with Crippen LogP contribution in [0.2, 0.25) is 0 Å².